The third kappa shape index (κ3) is 5.00. The van der Waals surface area contributed by atoms with Crippen molar-refractivity contribution < 1.29 is 13.6 Å². The number of imidazole rings is 1. The van der Waals surface area contributed by atoms with Crippen LogP contribution < -0.4 is 11.2 Å². The first-order valence-electron chi connectivity index (χ1n) is 14.4. The van der Waals surface area contributed by atoms with Crippen LogP contribution in [0.5, 0.6) is 0 Å². The van der Waals surface area contributed by atoms with Gasteiger partial charge in [-0.3, -0.25) is 19.1 Å². The van der Waals surface area contributed by atoms with E-state index in [4.69, 9.17) is 0 Å². The summed E-state index contributed by atoms with van der Waals surface area (Å²) in [7, 11) is 0. The number of benzene rings is 1. The van der Waals surface area contributed by atoms with Crippen molar-refractivity contribution in [2.24, 2.45) is 5.92 Å². The van der Waals surface area contributed by atoms with Crippen molar-refractivity contribution in [1.82, 2.24) is 28.5 Å². The molecule has 6 aromatic rings. The number of Topliss-reactive ketones (excluding diaryl/α,β-unsaturated/α-hetero) is 1. The third-order valence-corrected chi connectivity index (χ3v) is 8.31. The fourth-order valence-corrected chi connectivity index (χ4v) is 6.15. The molecule has 0 saturated heterocycles. The first kappa shape index (κ1) is 27.5. The van der Waals surface area contributed by atoms with Gasteiger partial charge in [-0.15, -0.1) is 0 Å². The van der Waals surface area contributed by atoms with Gasteiger partial charge in [0, 0.05) is 36.6 Å². The van der Waals surface area contributed by atoms with Gasteiger partial charge in [-0.1, -0.05) is 18.2 Å². The summed E-state index contributed by atoms with van der Waals surface area (Å²) in [6.07, 6.45) is 7.93. The minimum atomic E-state index is -0.675. The van der Waals surface area contributed by atoms with Gasteiger partial charge < -0.3 is 4.40 Å². The summed E-state index contributed by atoms with van der Waals surface area (Å²) in [5, 5.41) is 0.00780. The Kier molecular flexibility index (Phi) is 6.92. The van der Waals surface area contributed by atoms with E-state index in [9.17, 15) is 23.2 Å². The summed E-state index contributed by atoms with van der Waals surface area (Å²) in [5.41, 5.74) is 1.63. The van der Waals surface area contributed by atoms with Gasteiger partial charge in [0.05, 0.1) is 23.0 Å². The van der Waals surface area contributed by atoms with E-state index in [0.717, 1.165) is 17.8 Å². The summed E-state index contributed by atoms with van der Waals surface area (Å²) in [5.74, 6) is -1.20. The van der Waals surface area contributed by atoms with Crippen molar-refractivity contribution in [2.45, 2.75) is 38.1 Å². The third-order valence-electron chi connectivity index (χ3n) is 8.31. The van der Waals surface area contributed by atoms with Crippen LogP contribution in [0.15, 0.2) is 95.0 Å². The molecule has 9 nitrogen and oxygen atoms in total. The van der Waals surface area contributed by atoms with Crippen LogP contribution in [0.3, 0.4) is 0 Å². The lowest BCUT2D eigenvalue weighted by atomic mass is 9.82. The van der Waals surface area contributed by atoms with Gasteiger partial charge in [0.25, 0.3) is 5.56 Å². The molecule has 0 unspecified atom stereocenters. The van der Waals surface area contributed by atoms with Crippen LogP contribution in [0.25, 0.3) is 33.6 Å². The normalized spacial score (nSPS) is 16.9. The zero-order valence-electron chi connectivity index (χ0n) is 23.4. The van der Waals surface area contributed by atoms with E-state index >= 15 is 0 Å². The molecule has 5 aromatic heterocycles. The number of rotatable bonds is 6. The second-order valence-corrected chi connectivity index (χ2v) is 11.1. The Morgan fingerprint density at radius 3 is 2.52 bits per heavy atom. The summed E-state index contributed by atoms with van der Waals surface area (Å²) in [6.45, 7) is 0. The Hall–Kier alpha value is -5.32. The molecule has 0 spiro atoms. The van der Waals surface area contributed by atoms with Crippen LogP contribution in [0.4, 0.5) is 8.78 Å². The number of fused-ring (bicyclic) bond motifs is 2. The van der Waals surface area contributed by atoms with Gasteiger partial charge in [-0.05, 0) is 74.1 Å². The molecule has 0 radical (unpaired) electrons. The zero-order valence-corrected chi connectivity index (χ0v) is 23.4. The topological polar surface area (TPSA) is 104 Å². The molecule has 1 aromatic carbocycles. The molecule has 1 saturated carbocycles. The zero-order chi connectivity index (χ0) is 30.4. The number of hydrogen-bond acceptors (Lipinski definition) is 6. The van der Waals surface area contributed by atoms with Gasteiger partial charge in [0.15, 0.2) is 11.4 Å². The highest BCUT2D eigenvalue weighted by Crippen LogP contribution is 2.34. The maximum atomic E-state index is 14.3. The highest BCUT2D eigenvalue weighted by molar-refractivity contribution is 5.95. The first-order valence-corrected chi connectivity index (χ1v) is 14.4. The molecule has 0 bridgehead atoms. The Bertz CT molecular complexity index is 2160. The highest BCUT2D eigenvalue weighted by atomic mass is 19.1. The van der Waals surface area contributed by atoms with Gasteiger partial charge in [0.1, 0.15) is 23.0 Å². The monoisotopic (exact) mass is 592 g/mol. The highest BCUT2D eigenvalue weighted by Gasteiger charge is 2.29. The molecule has 44 heavy (non-hydrogen) atoms. The maximum absolute atomic E-state index is 14.3. The molecule has 11 heteroatoms. The molecule has 0 aliphatic heterocycles. The molecule has 220 valence electrons. The SMILES string of the molecule is O=C(CC1CCC(n2c(=O)c3cc(F)cnc3n(-c3cccc(-c4ccccn4)c3)c2=O)CC1)c1cn2cc(F)ccc2n1. The second-order valence-electron chi connectivity index (χ2n) is 11.1. The summed E-state index contributed by atoms with van der Waals surface area (Å²) in [4.78, 5) is 53.6. The van der Waals surface area contributed by atoms with Crippen molar-refractivity contribution in [1.29, 1.82) is 0 Å². The molecule has 7 rings (SSSR count). The minimum absolute atomic E-state index is 0.00780. The standard InChI is InChI=1S/C33H26F2N6O3/c34-22-9-12-30-38-28(19-39(30)18-22)29(42)14-20-7-10-24(11-8-20)41-32(43)26-16-23(35)17-37-31(26)40(33(41)44)25-5-3-4-21(15-25)27-6-1-2-13-36-27/h1-6,9,12-13,15-20,24H,7-8,10-11,14H2. The number of halogens is 2. The van der Waals surface area contributed by atoms with E-state index in [0.29, 0.717) is 42.7 Å². The Balaban J connectivity index is 1.19. The minimum Gasteiger partial charge on any atom is -0.303 e. The summed E-state index contributed by atoms with van der Waals surface area (Å²) < 4.78 is 32.0. The molecular formula is C33H26F2N6O3. The predicted molar refractivity (Wildman–Crippen MR) is 160 cm³/mol. The van der Waals surface area contributed by atoms with Crippen molar-refractivity contribution in [2.75, 3.05) is 0 Å². The van der Waals surface area contributed by atoms with Gasteiger partial charge in [-0.2, -0.15) is 0 Å². The van der Waals surface area contributed by atoms with E-state index in [1.54, 1.807) is 24.4 Å². The largest absolute Gasteiger partial charge is 0.337 e. The van der Waals surface area contributed by atoms with Gasteiger partial charge in [-0.25, -0.2) is 28.1 Å². The van der Waals surface area contributed by atoms with Crippen LogP contribution >= 0.6 is 0 Å². The fraction of sp³-hybridized carbons (Fsp3) is 0.212. The molecule has 1 aliphatic rings. The number of pyridine rings is 3. The smallest absolute Gasteiger partial charge is 0.303 e. The average molecular weight is 593 g/mol. The van der Waals surface area contributed by atoms with Crippen LogP contribution in [0.2, 0.25) is 0 Å². The Morgan fingerprint density at radius 2 is 1.73 bits per heavy atom. The number of hydrogen-bond donors (Lipinski definition) is 0. The van der Waals surface area contributed by atoms with Crippen molar-refractivity contribution in [3.05, 3.63) is 124 Å². The molecule has 5 heterocycles. The van der Waals surface area contributed by atoms with E-state index in [1.807, 2.05) is 24.3 Å². The molecular weight excluding hydrogens is 566 g/mol. The average Bonchev–Trinajstić information content (AvgIpc) is 3.46. The van der Waals surface area contributed by atoms with Crippen LogP contribution in [-0.2, 0) is 0 Å². The number of aromatic nitrogens is 6. The van der Waals surface area contributed by atoms with E-state index < -0.39 is 28.9 Å². The number of carbonyl (C=O) groups is 1. The molecule has 1 fully saturated rings. The van der Waals surface area contributed by atoms with Gasteiger partial charge in [0.2, 0.25) is 0 Å². The molecule has 0 atom stereocenters. The van der Waals surface area contributed by atoms with Crippen molar-refractivity contribution in [3.63, 3.8) is 0 Å². The second kappa shape index (κ2) is 11.1. The molecule has 0 N–H and O–H groups in total. The van der Waals surface area contributed by atoms with Crippen molar-refractivity contribution in [3.8, 4) is 16.9 Å². The number of carbonyl (C=O) groups excluding carboxylic acids is 1. The summed E-state index contributed by atoms with van der Waals surface area (Å²) >= 11 is 0. The molecule has 1 aliphatic carbocycles. The van der Waals surface area contributed by atoms with E-state index in [-0.39, 0.29) is 34.8 Å². The van der Waals surface area contributed by atoms with Crippen molar-refractivity contribution >= 4 is 22.5 Å². The van der Waals surface area contributed by atoms with Crippen LogP contribution in [0.1, 0.15) is 48.6 Å². The van der Waals surface area contributed by atoms with Gasteiger partial charge >= 0.3 is 5.69 Å². The lowest BCUT2D eigenvalue weighted by Gasteiger charge is -2.29. The number of ketones is 1. The van der Waals surface area contributed by atoms with E-state index in [1.165, 1.54) is 38.1 Å². The lowest BCUT2D eigenvalue weighted by molar-refractivity contribution is 0.0938. The maximum Gasteiger partial charge on any atom is 0.337 e. The first-order chi connectivity index (χ1) is 21.4. The summed E-state index contributed by atoms with van der Waals surface area (Å²) in [6, 6.07) is 16.2. The van der Waals surface area contributed by atoms with Crippen LogP contribution in [-0.4, -0.2) is 34.3 Å². The lowest BCUT2D eigenvalue weighted by Crippen LogP contribution is -2.43. The number of nitrogens with zero attached hydrogens (tertiary/aromatic N) is 6. The quantitative estimate of drug-likeness (QED) is 0.235. The van der Waals surface area contributed by atoms with Crippen LogP contribution in [0, 0.1) is 17.6 Å². The molecule has 0 amide bonds. The van der Waals surface area contributed by atoms with E-state index in [2.05, 4.69) is 15.0 Å². The fourth-order valence-electron chi connectivity index (χ4n) is 6.15. The predicted octanol–water partition coefficient (Wildman–Crippen LogP) is 5.54. The Labute approximate surface area is 249 Å². The Morgan fingerprint density at radius 1 is 0.886 bits per heavy atom.